The molecule has 0 aliphatic carbocycles. The third-order valence-corrected chi connectivity index (χ3v) is 8.09. The van der Waals surface area contributed by atoms with Gasteiger partial charge in [0.25, 0.3) is 10.0 Å². The van der Waals surface area contributed by atoms with Crippen LogP contribution >= 0.6 is 27.3 Å². The van der Waals surface area contributed by atoms with Gasteiger partial charge in [-0.1, -0.05) is 12.1 Å². The van der Waals surface area contributed by atoms with Crippen molar-refractivity contribution in [3.05, 3.63) is 40.2 Å². The summed E-state index contributed by atoms with van der Waals surface area (Å²) < 4.78 is 27.3. The number of rotatable bonds is 4. The van der Waals surface area contributed by atoms with Gasteiger partial charge in [-0.2, -0.15) is 4.31 Å². The van der Waals surface area contributed by atoms with E-state index in [0.29, 0.717) is 15.2 Å². The van der Waals surface area contributed by atoms with Crippen LogP contribution in [-0.2, 0) is 19.6 Å². The summed E-state index contributed by atoms with van der Waals surface area (Å²) in [5, 5.41) is 2.78. The molecule has 2 amide bonds. The number of sulfonamides is 1. The van der Waals surface area contributed by atoms with Gasteiger partial charge in [-0.3, -0.25) is 9.59 Å². The minimum Gasteiger partial charge on any atom is -0.324 e. The Morgan fingerprint density at radius 2 is 2.04 bits per heavy atom. The van der Waals surface area contributed by atoms with E-state index in [1.165, 1.54) is 18.0 Å². The van der Waals surface area contributed by atoms with Gasteiger partial charge in [0.1, 0.15) is 4.21 Å². The summed E-state index contributed by atoms with van der Waals surface area (Å²) in [6, 6.07) is 9.74. The van der Waals surface area contributed by atoms with E-state index in [0.717, 1.165) is 15.6 Å². The van der Waals surface area contributed by atoms with Crippen molar-refractivity contribution in [3.63, 3.8) is 0 Å². The molecule has 0 saturated heterocycles. The second kappa shape index (κ2) is 7.70. The lowest BCUT2D eigenvalue weighted by molar-refractivity contribution is -0.119. The van der Waals surface area contributed by atoms with Crippen LogP contribution in [0.15, 0.2) is 44.4 Å². The Labute approximate surface area is 170 Å². The molecule has 1 atom stereocenters. The quantitative estimate of drug-likeness (QED) is 0.742. The number of benzene rings is 1. The van der Waals surface area contributed by atoms with E-state index in [1.807, 2.05) is 0 Å². The van der Waals surface area contributed by atoms with Gasteiger partial charge in [0, 0.05) is 19.5 Å². The van der Waals surface area contributed by atoms with Crippen molar-refractivity contribution >= 4 is 60.5 Å². The molecule has 2 heterocycles. The van der Waals surface area contributed by atoms with Crippen LogP contribution < -0.4 is 10.2 Å². The van der Waals surface area contributed by atoms with E-state index < -0.39 is 22.0 Å². The van der Waals surface area contributed by atoms with Crippen LogP contribution in [0.25, 0.3) is 0 Å². The SMILES string of the molecule is CC1CC(=O)Nc2ccccc2N1C(=O)CN(C)S(=O)(=O)c1ccc(Br)s1. The van der Waals surface area contributed by atoms with E-state index in [2.05, 4.69) is 21.2 Å². The molecule has 144 valence electrons. The fraction of sp³-hybridized carbons (Fsp3) is 0.294. The van der Waals surface area contributed by atoms with Crippen LogP contribution in [0, 0.1) is 0 Å². The average Bonchev–Trinajstić information content (AvgIpc) is 2.98. The molecule has 1 aromatic carbocycles. The number of likely N-dealkylation sites (N-methyl/N-ethyl adjacent to an activating group) is 1. The fourth-order valence-corrected chi connectivity index (χ4v) is 6.25. The minimum absolute atomic E-state index is 0.134. The van der Waals surface area contributed by atoms with Crippen LogP contribution in [0.2, 0.25) is 0 Å². The van der Waals surface area contributed by atoms with Crippen molar-refractivity contribution < 1.29 is 18.0 Å². The van der Waals surface area contributed by atoms with E-state index in [4.69, 9.17) is 0 Å². The molecule has 0 spiro atoms. The molecule has 0 saturated carbocycles. The van der Waals surface area contributed by atoms with Crippen molar-refractivity contribution in [2.45, 2.75) is 23.6 Å². The van der Waals surface area contributed by atoms with E-state index in [9.17, 15) is 18.0 Å². The van der Waals surface area contributed by atoms with Crippen LogP contribution in [-0.4, -0.2) is 44.2 Å². The molecule has 1 aliphatic heterocycles. The first-order chi connectivity index (χ1) is 12.7. The monoisotopic (exact) mass is 471 g/mol. The fourth-order valence-electron chi connectivity index (χ4n) is 2.91. The number of amides is 2. The Balaban J connectivity index is 1.88. The Hall–Kier alpha value is -1.75. The smallest absolute Gasteiger partial charge is 0.252 e. The van der Waals surface area contributed by atoms with Gasteiger partial charge in [-0.25, -0.2) is 8.42 Å². The third kappa shape index (κ3) is 4.08. The van der Waals surface area contributed by atoms with Gasteiger partial charge in [-0.05, 0) is 47.1 Å². The zero-order valence-corrected chi connectivity index (χ0v) is 17.9. The predicted molar refractivity (Wildman–Crippen MR) is 108 cm³/mol. The molecule has 0 radical (unpaired) electrons. The zero-order valence-electron chi connectivity index (χ0n) is 14.7. The number of nitrogens with one attached hydrogen (secondary N) is 1. The molecule has 3 rings (SSSR count). The van der Waals surface area contributed by atoms with Crippen molar-refractivity contribution in [2.75, 3.05) is 23.8 Å². The number of halogens is 1. The molecular formula is C17H18BrN3O4S2. The second-order valence-corrected chi connectivity index (χ2v) is 10.9. The summed E-state index contributed by atoms with van der Waals surface area (Å²) in [6.45, 7) is 1.44. The number of carbonyl (C=O) groups is 2. The molecular weight excluding hydrogens is 454 g/mol. The van der Waals surface area contributed by atoms with Crippen LogP contribution in [0.4, 0.5) is 11.4 Å². The first kappa shape index (κ1) is 20.0. The molecule has 1 aliphatic rings. The topological polar surface area (TPSA) is 86.8 Å². The highest BCUT2D eigenvalue weighted by Crippen LogP contribution is 2.32. The van der Waals surface area contributed by atoms with Crippen molar-refractivity contribution in [1.82, 2.24) is 4.31 Å². The predicted octanol–water partition coefficient (Wildman–Crippen LogP) is 2.90. The van der Waals surface area contributed by atoms with E-state index >= 15 is 0 Å². The van der Waals surface area contributed by atoms with Gasteiger partial charge in [0.2, 0.25) is 11.8 Å². The normalized spacial score (nSPS) is 17.4. The van der Waals surface area contributed by atoms with Crippen LogP contribution in [0.3, 0.4) is 0 Å². The average molecular weight is 472 g/mol. The van der Waals surface area contributed by atoms with Crippen LogP contribution in [0.1, 0.15) is 13.3 Å². The summed E-state index contributed by atoms with van der Waals surface area (Å²) in [5.41, 5.74) is 1.10. The lowest BCUT2D eigenvalue weighted by atomic mass is 10.1. The number of hydrogen-bond donors (Lipinski definition) is 1. The standard InChI is InChI=1S/C17H18BrN3O4S2/c1-11-9-15(22)19-12-5-3-4-6-13(12)21(11)16(23)10-20(2)27(24,25)17-8-7-14(18)26-17/h3-8,11H,9-10H2,1-2H3,(H,19,22). The van der Waals surface area contributed by atoms with Gasteiger partial charge in [0.05, 0.1) is 21.7 Å². The minimum atomic E-state index is -3.77. The first-order valence-electron chi connectivity index (χ1n) is 8.13. The summed E-state index contributed by atoms with van der Waals surface area (Å²) in [7, 11) is -2.40. The van der Waals surface area contributed by atoms with Gasteiger partial charge >= 0.3 is 0 Å². The molecule has 1 N–H and O–H groups in total. The second-order valence-electron chi connectivity index (χ2n) is 6.20. The Bertz CT molecular complexity index is 990. The highest BCUT2D eigenvalue weighted by atomic mass is 79.9. The molecule has 10 heteroatoms. The number of anilines is 2. The summed E-state index contributed by atoms with van der Waals surface area (Å²) in [5.74, 6) is -0.581. The largest absolute Gasteiger partial charge is 0.324 e. The molecule has 27 heavy (non-hydrogen) atoms. The maximum Gasteiger partial charge on any atom is 0.252 e. The maximum atomic E-state index is 13.0. The van der Waals surface area contributed by atoms with Gasteiger partial charge in [0.15, 0.2) is 0 Å². The molecule has 2 aromatic rings. The summed E-state index contributed by atoms with van der Waals surface area (Å²) in [4.78, 5) is 26.5. The molecule has 0 bridgehead atoms. The lowest BCUT2D eigenvalue weighted by Crippen LogP contribution is -2.45. The maximum absolute atomic E-state index is 13.0. The van der Waals surface area contributed by atoms with Crippen molar-refractivity contribution in [2.24, 2.45) is 0 Å². The Kier molecular flexibility index (Phi) is 5.71. The highest BCUT2D eigenvalue weighted by molar-refractivity contribution is 9.11. The van der Waals surface area contributed by atoms with Crippen molar-refractivity contribution in [1.29, 1.82) is 0 Å². The number of thiophene rings is 1. The number of nitrogens with zero attached hydrogens (tertiary/aromatic N) is 2. The van der Waals surface area contributed by atoms with Crippen LogP contribution in [0.5, 0.6) is 0 Å². The highest BCUT2D eigenvalue weighted by Gasteiger charge is 2.32. The molecule has 0 fully saturated rings. The first-order valence-corrected chi connectivity index (χ1v) is 11.2. The van der Waals surface area contributed by atoms with E-state index in [1.54, 1.807) is 37.3 Å². The number of para-hydroxylation sites is 2. The molecule has 1 unspecified atom stereocenters. The summed E-state index contributed by atoms with van der Waals surface area (Å²) in [6.07, 6.45) is 0.134. The Morgan fingerprint density at radius 3 is 2.70 bits per heavy atom. The van der Waals surface area contributed by atoms with Gasteiger partial charge < -0.3 is 10.2 Å². The number of hydrogen-bond acceptors (Lipinski definition) is 5. The third-order valence-electron chi connectivity index (χ3n) is 4.20. The summed E-state index contributed by atoms with van der Waals surface area (Å²) >= 11 is 4.33. The molecule has 7 nitrogen and oxygen atoms in total. The molecule has 1 aromatic heterocycles. The van der Waals surface area contributed by atoms with E-state index in [-0.39, 0.29) is 23.1 Å². The lowest BCUT2D eigenvalue weighted by Gasteiger charge is -2.29. The van der Waals surface area contributed by atoms with Gasteiger partial charge in [-0.15, -0.1) is 11.3 Å². The number of carbonyl (C=O) groups excluding carboxylic acids is 2. The Morgan fingerprint density at radius 1 is 1.33 bits per heavy atom. The zero-order chi connectivity index (χ0) is 19.8. The van der Waals surface area contributed by atoms with Crippen molar-refractivity contribution in [3.8, 4) is 0 Å². The number of fused-ring (bicyclic) bond motifs is 1.